The van der Waals surface area contributed by atoms with E-state index in [1.807, 2.05) is 13.8 Å². The largest absolute Gasteiger partial charge is 0.375 e. The van der Waals surface area contributed by atoms with Crippen LogP contribution in [0.2, 0.25) is 0 Å². The van der Waals surface area contributed by atoms with E-state index in [4.69, 9.17) is 10.5 Å². The Morgan fingerprint density at radius 2 is 2.53 bits per heavy atom. The van der Waals surface area contributed by atoms with Gasteiger partial charge < -0.3 is 15.4 Å². The number of aliphatic imine (C=N–C) groups is 1. The lowest BCUT2D eigenvalue weighted by atomic mass is 10.3. The predicted molar refractivity (Wildman–Crippen MR) is 67.0 cm³/mol. The van der Waals surface area contributed by atoms with Crippen LogP contribution in [0.1, 0.15) is 17.5 Å². The summed E-state index contributed by atoms with van der Waals surface area (Å²) < 4.78 is 9.33. The number of hydrogen-bond donors (Lipinski definition) is 1. The van der Waals surface area contributed by atoms with Crippen LogP contribution in [0.5, 0.6) is 0 Å². The summed E-state index contributed by atoms with van der Waals surface area (Å²) in [5.41, 5.74) is 6.89. The number of nitrogens with zero attached hydrogens (tertiary/aromatic N) is 4. The lowest BCUT2D eigenvalue weighted by Gasteiger charge is -2.31. The van der Waals surface area contributed by atoms with Crippen molar-refractivity contribution in [3.05, 3.63) is 10.6 Å². The highest BCUT2D eigenvalue weighted by Gasteiger charge is 2.18. The lowest BCUT2D eigenvalue weighted by Crippen LogP contribution is -2.47. The number of guanidine groups is 1. The van der Waals surface area contributed by atoms with Crippen molar-refractivity contribution in [2.75, 3.05) is 19.7 Å². The van der Waals surface area contributed by atoms with Gasteiger partial charge in [-0.1, -0.05) is 4.49 Å². The number of hydrogen-bond acceptors (Lipinski definition) is 5. The minimum Gasteiger partial charge on any atom is -0.375 e. The maximum absolute atomic E-state index is 5.96. The van der Waals surface area contributed by atoms with E-state index in [1.54, 1.807) is 0 Å². The van der Waals surface area contributed by atoms with Crippen molar-refractivity contribution in [2.24, 2.45) is 10.7 Å². The molecule has 1 saturated heterocycles. The van der Waals surface area contributed by atoms with Gasteiger partial charge >= 0.3 is 0 Å². The molecular weight excluding hydrogens is 238 g/mol. The predicted octanol–water partition coefficient (Wildman–Crippen LogP) is 0.382. The first-order chi connectivity index (χ1) is 8.16. The van der Waals surface area contributed by atoms with Gasteiger partial charge in [-0.15, -0.1) is 5.10 Å². The quantitative estimate of drug-likeness (QED) is 0.611. The lowest BCUT2D eigenvalue weighted by molar-refractivity contribution is 0.00529. The van der Waals surface area contributed by atoms with Crippen LogP contribution in [0.3, 0.4) is 0 Å². The zero-order valence-corrected chi connectivity index (χ0v) is 10.9. The van der Waals surface area contributed by atoms with Crippen molar-refractivity contribution in [3.63, 3.8) is 0 Å². The van der Waals surface area contributed by atoms with Gasteiger partial charge in [0.25, 0.3) is 0 Å². The van der Waals surface area contributed by atoms with Crippen LogP contribution in [-0.4, -0.2) is 46.2 Å². The molecule has 1 atom stereocenters. The fraction of sp³-hybridized carbons (Fsp3) is 0.700. The van der Waals surface area contributed by atoms with E-state index in [9.17, 15) is 0 Å². The summed E-state index contributed by atoms with van der Waals surface area (Å²) >= 11 is 1.37. The Morgan fingerprint density at radius 3 is 3.18 bits per heavy atom. The molecule has 1 aliphatic rings. The molecule has 1 aromatic rings. The van der Waals surface area contributed by atoms with E-state index in [0.717, 1.165) is 23.7 Å². The Kier molecular flexibility index (Phi) is 3.90. The minimum absolute atomic E-state index is 0.212. The Hall–Kier alpha value is -1.21. The topological polar surface area (TPSA) is 76.6 Å². The van der Waals surface area contributed by atoms with Crippen LogP contribution in [0.25, 0.3) is 0 Å². The van der Waals surface area contributed by atoms with Gasteiger partial charge in [0, 0.05) is 13.1 Å². The molecule has 1 aliphatic heterocycles. The van der Waals surface area contributed by atoms with Crippen molar-refractivity contribution in [2.45, 2.75) is 26.5 Å². The van der Waals surface area contributed by atoms with E-state index in [-0.39, 0.29) is 6.10 Å². The molecule has 17 heavy (non-hydrogen) atoms. The SMILES string of the molecule is Cc1nnsc1CN=C(N)N1CCOC(C)C1. The van der Waals surface area contributed by atoms with E-state index in [0.29, 0.717) is 19.1 Å². The summed E-state index contributed by atoms with van der Waals surface area (Å²) in [5, 5.41) is 3.94. The summed E-state index contributed by atoms with van der Waals surface area (Å²) in [7, 11) is 0. The van der Waals surface area contributed by atoms with Crippen molar-refractivity contribution in [3.8, 4) is 0 Å². The van der Waals surface area contributed by atoms with Gasteiger partial charge in [-0.05, 0) is 25.4 Å². The first kappa shape index (κ1) is 12.3. The molecule has 0 amide bonds. The molecule has 0 aromatic carbocycles. The molecule has 1 unspecified atom stereocenters. The van der Waals surface area contributed by atoms with Crippen LogP contribution >= 0.6 is 11.5 Å². The molecule has 2 N–H and O–H groups in total. The number of rotatable bonds is 2. The van der Waals surface area contributed by atoms with Crippen LogP contribution in [-0.2, 0) is 11.3 Å². The second kappa shape index (κ2) is 5.42. The first-order valence-electron chi connectivity index (χ1n) is 5.61. The molecule has 1 aromatic heterocycles. The van der Waals surface area contributed by atoms with Crippen LogP contribution in [0.4, 0.5) is 0 Å². The molecule has 7 heteroatoms. The van der Waals surface area contributed by atoms with Gasteiger partial charge in [-0.25, -0.2) is 4.99 Å². The monoisotopic (exact) mass is 255 g/mol. The van der Waals surface area contributed by atoms with Gasteiger partial charge in [0.1, 0.15) is 0 Å². The van der Waals surface area contributed by atoms with Gasteiger partial charge in [0.2, 0.25) is 0 Å². The average Bonchev–Trinajstić information content (AvgIpc) is 2.72. The Labute approximate surface area is 105 Å². The minimum atomic E-state index is 0.212. The van der Waals surface area contributed by atoms with Gasteiger partial charge in [0.05, 0.1) is 29.8 Å². The number of morpholine rings is 1. The third-order valence-electron chi connectivity index (χ3n) is 2.70. The molecule has 0 radical (unpaired) electrons. The Balaban J connectivity index is 1.95. The average molecular weight is 255 g/mol. The normalized spacial score (nSPS) is 21.9. The highest BCUT2D eigenvalue weighted by Crippen LogP contribution is 2.11. The molecule has 1 fully saturated rings. The van der Waals surface area contributed by atoms with E-state index >= 15 is 0 Å². The van der Waals surface area contributed by atoms with Crippen molar-refractivity contribution in [1.82, 2.24) is 14.5 Å². The highest BCUT2D eigenvalue weighted by atomic mass is 32.1. The van der Waals surface area contributed by atoms with E-state index in [2.05, 4.69) is 19.5 Å². The van der Waals surface area contributed by atoms with Gasteiger partial charge in [0.15, 0.2) is 5.96 Å². The summed E-state index contributed by atoms with van der Waals surface area (Å²) in [4.78, 5) is 7.50. The van der Waals surface area contributed by atoms with E-state index in [1.165, 1.54) is 11.5 Å². The first-order valence-corrected chi connectivity index (χ1v) is 6.38. The molecule has 0 bridgehead atoms. The standard InChI is InChI=1S/C10H17N5OS/c1-7-6-15(3-4-16-7)10(11)12-5-9-8(2)13-14-17-9/h7H,3-6H2,1-2H3,(H2,11,12). The van der Waals surface area contributed by atoms with Crippen LogP contribution in [0.15, 0.2) is 4.99 Å². The zero-order chi connectivity index (χ0) is 12.3. The van der Waals surface area contributed by atoms with Gasteiger partial charge in [-0.2, -0.15) is 0 Å². The fourth-order valence-corrected chi connectivity index (χ4v) is 2.23. The number of aromatic nitrogens is 2. The maximum Gasteiger partial charge on any atom is 0.191 e. The molecule has 0 saturated carbocycles. The molecule has 0 aliphatic carbocycles. The third kappa shape index (κ3) is 3.13. The molecule has 6 nitrogen and oxygen atoms in total. The van der Waals surface area contributed by atoms with Crippen LogP contribution in [0, 0.1) is 6.92 Å². The zero-order valence-electron chi connectivity index (χ0n) is 10.1. The van der Waals surface area contributed by atoms with Crippen molar-refractivity contribution >= 4 is 17.5 Å². The van der Waals surface area contributed by atoms with Crippen molar-refractivity contribution in [1.29, 1.82) is 0 Å². The number of ether oxygens (including phenoxy) is 1. The smallest absolute Gasteiger partial charge is 0.191 e. The third-order valence-corrected chi connectivity index (χ3v) is 3.50. The summed E-state index contributed by atoms with van der Waals surface area (Å²) in [6, 6.07) is 0. The maximum atomic E-state index is 5.96. The second-order valence-electron chi connectivity index (χ2n) is 4.08. The Bertz CT molecular complexity index is 405. The van der Waals surface area contributed by atoms with Gasteiger partial charge in [-0.3, -0.25) is 0 Å². The van der Waals surface area contributed by atoms with Crippen LogP contribution < -0.4 is 5.73 Å². The number of aryl methyl sites for hydroxylation is 1. The fourth-order valence-electron chi connectivity index (χ4n) is 1.68. The van der Waals surface area contributed by atoms with Crippen molar-refractivity contribution < 1.29 is 4.74 Å². The second-order valence-corrected chi connectivity index (χ2v) is 4.92. The molecule has 94 valence electrons. The molecule has 0 spiro atoms. The van der Waals surface area contributed by atoms with E-state index < -0.39 is 0 Å². The molecule has 2 heterocycles. The highest BCUT2D eigenvalue weighted by molar-refractivity contribution is 7.05. The Morgan fingerprint density at radius 1 is 1.71 bits per heavy atom. The number of nitrogens with two attached hydrogens (primary N) is 1. The molecular formula is C10H17N5OS. The summed E-state index contributed by atoms with van der Waals surface area (Å²) in [6.45, 7) is 6.84. The summed E-state index contributed by atoms with van der Waals surface area (Å²) in [6.07, 6.45) is 0.212. The summed E-state index contributed by atoms with van der Waals surface area (Å²) in [5.74, 6) is 0.577. The molecule has 2 rings (SSSR count).